The van der Waals surface area contributed by atoms with Crippen molar-refractivity contribution < 1.29 is 8.94 Å². The van der Waals surface area contributed by atoms with Crippen LogP contribution in [0, 0.1) is 0 Å². The molecule has 17 heavy (non-hydrogen) atoms. The molecule has 0 bridgehead atoms. The lowest BCUT2D eigenvalue weighted by molar-refractivity contribution is 0.417. The van der Waals surface area contributed by atoms with E-state index in [-0.39, 0.29) is 0 Å². The van der Waals surface area contributed by atoms with Gasteiger partial charge < -0.3 is 8.94 Å². The van der Waals surface area contributed by atoms with Crippen LogP contribution in [0.1, 0.15) is 0 Å². The highest BCUT2D eigenvalue weighted by Crippen LogP contribution is 2.24. The van der Waals surface area contributed by atoms with Crippen LogP contribution < -0.4 is 0 Å². The zero-order valence-electron chi connectivity index (χ0n) is 8.63. The third-order valence-corrected chi connectivity index (χ3v) is 2.73. The number of rotatable bonds is 2. The van der Waals surface area contributed by atoms with Crippen LogP contribution in [0.25, 0.3) is 23.0 Å². The average molecular weight is 291 g/mol. The van der Waals surface area contributed by atoms with Gasteiger partial charge in [-0.05, 0) is 24.3 Å². The topological polar surface area (TPSA) is 52.1 Å². The molecule has 0 N–H and O–H groups in total. The molecule has 0 saturated carbocycles. The highest BCUT2D eigenvalue weighted by molar-refractivity contribution is 9.10. The first kappa shape index (κ1) is 10.3. The molecule has 0 aliphatic heterocycles. The Kier molecular flexibility index (Phi) is 2.53. The fourth-order valence-electron chi connectivity index (χ4n) is 1.47. The molecule has 0 amide bonds. The minimum atomic E-state index is 0.380. The van der Waals surface area contributed by atoms with E-state index in [1.54, 1.807) is 18.4 Å². The quantitative estimate of drug-likeness (QED) is 0.721. The van der Waals surface area contributed by atoms with Crippen molar-refractivity contribution in [3.05, 3.63) is 47.1 Å². The minimum absolute atomic E-state index is 0.380. The molecular formula is C12H7BrN2O2. The van der Waals surface area contributed by atoms with Crippen LogP contribution in [-0.2, 0) is 0 Å². The second-order valence-corrected chi connectivity index (χ2v) is 4.33. The molecule has 0 spiro atoms. The molecule has 0 radical (unpaired) electrons. The van der Waals surface area contributed by atoms with E-state index in [9.17, 15) is 0 Å². The van der Waals surface area contributed by atoms with Gasteiger partial charge in [0.1, 0.15) is 0 Å². The van der Waals surface area contributed by atoms with Crippen LogP contribution in [0.15, 0.2) is 56.1 Å². The second-order valence-electron chi connectivity index (χ2n) is 3.41. The van der Waals surface area contributed by atoms with Gasteiger partial charge in [-0.2, -0.15) is 4.98 Å². The van der Waals surface area contributed by atoms with Crippen molar-refractivity contribution in [2.45, 2.75) is 0 Å². The molecule has 84 valence electrons. The van der Waals surface area contributed by atoms with Crippen LogP contribution >= 0.6 is 15.9 Å². The Balaban J connectivity index is 2.01. The minimum Gasteiger partial charge on any atom is -0.459 e. The summed E-state index contributed by atoms with van der Waals surface area (Å²) in [5.41, 5.74) is 0.890. The van der Waals surface area contributed by atoms with Gasteiger partial charge in [-0.1, -0.05) is 33.2 Å². The van der Waals surface area contributed by atoms with Gasteiger partial charge in [-0.15, -0.1) is 0 Å². The molecule has 3 rings (SSSR count). The second kappa shape index (κ2) is 4.18. The van der Waals surface area contributed by atoms with Crippen LogP contribution in [0.3, 0.4) is 0 Å². The molecular weight excluding hydrogens is 284 g/mol. The number of furan rings is 1. The highest BCUT2D eigenvalue weighted by atomic mass is 79.9. The first-order valence-electron chi connectivity index (χ1n) is 4.96. The maximum Gasteiger partial charge on any atom is 0.293 e. The summed E-state index contributed by atoms with van der Waals surface area (Å²) in [7, 11) is 0. The monoisotopic (exact) mass is 290 g/mol. The Bertz CT molecular complexity index is 632. The SMILES string of the molecule is Brc1cccc(-c2noc(-c3ccco3)n2)c1. The van der Waals surface area contributed by atoms with Crippen molar-refractivity contribution in [2.24, 2.45) is 0 Å². The van der Waals surface area contributed by atoms with Crippen LogP contribution in [0.2, 0.25) is 0 Å². The van der Waals surface area contributed by atoms with Gasteiger partial charge in [0, 0.05) is 10.0 Å². The van der Waals surface area contributed by atoms with Crippen LogP contribution in [0.4, 0.5) is 0 Å². The number of benzene rings is 1. The van der Waals surface area contributed by atoms with Gasteiger partial charge in [0.25, 0.3) is 5.89 Å². The largest absolute Gasteiger partial charge is 0.459 e. The summed E-state index contributed by atoms with van der Waals surface area (Å²) in [6.07, 6.45) is 1.57. The molecule has 1 aromatic carbocycles. The molecule has 0 saturated heterocycles. The molecule has 0 fully saturated rings. The van der Waals surface area contributed by atoms with E-state index in [1.165, 1.54) is 0 Å². The summed E-state index contributed by atoms with van der Waals surface area (Å²) in [5.74, 6) is 1.49. The Morgan fingerprint density at radius 2 is 2.06 bits per heavy atom. The first-order valence-corrected chi connectivity index (χ1v) is 5.76. The standard InChI is InChI=1S/C12H7BrN2O2/c13-9-4-1-3-8(7-9)11-14-12(17-15-11)10-5-2-6-16-10/h1-7H. The van der Waals surface area contributed by atoms with Crippen LogP contribution in [0.5, 0.6) is 0 Å². The lowest BCUT2D eigenvalue weighted by atomic mass is 10.2. The Morgan fingerprint density at radius 3 is 2.82 bits per heavy atom. The van der Waals surface area contributed by atoms with Gasteiger partial charge in [0.2, 0.25) is 5.82 Å². The molecule has 4 nitrogen and oxygen atoms in total. The molecule has 3 aromatic rings. The van der Waals surface area contributed by atoms with Gasteiger partial charge >= 0.3 is 0 Å². The highest BCUT2D eigenvalue weighted by Gasteiger charge is 2.12. The summed E-state index contributed by atoms with van der Waals surface area (Å²) in [6.45, 7) is 0. The summed E-state index contributed by atoms with van der Waals surface area (Å²) in [6, 6.07) is 11.3. The number of hydrogen-bond acceptors (Lipinski definition) is 4. The molecule has 5 heteroatoms. The summed E-state index contributed by atoms with van der Waals surface area (Å²) >= 11 is 3.40. The van der Waals surface area contributed by atoms with Crippen molar-refractivity contribution in [1.29, 1.82) is 0 Å². The van der Waals surface area contributed by atoms with E-state index in [4.69, 9.17) is 8.94 Å². The lowest BCUT2D eigenvalue weighted by Crippen LogP contribution is -1.80. The summed E-state index contributed by atoms with van der Waals surface area (Å²) < 4.78 is 11.3. The van der Waals surface area contributed by atoms with Gasteiger partial charge in [0.05, 0.1) is 6.26 Å². The number of hydrogen-bond donors (Lipinski definition) is 0. The molecule has 2 heterocycles. The normalized spacial score (nSPS) is 10.6. The Labute approximate surface area is 105 Å². The zero-order valence-corrected chi connectivity index (χ0v) is 10.2. The van der Waals surface area contributed by atoms with Gasteiger partial charge in [-0.3, -0.25) is 0 Å². The van der Waals surface area contributed by atoms with E-state index in [1.807, 2.05) is 24.3 Å². The fraction of sp³-hybridized carbons (Fsp3) is 0. The van der Waals surface area contributed by atoms with E-state index in [0.717, 1.165) is 10.0 Å². The van der Waals surface area contributed by atoms with Crippen molar-refractivity contribution in [1.82, 2.24) is 10.1 Å². The van der Waals surface area contributed by atoms with Gasteiger partial charge in [0.15, 0.2) is 5.76 Å². The smallest absolute Gasteiger partial charge is 0.293 e. The maximum absolute atomic E-state index is 5.19. The third-order valence-electron chi connectivity index (χ3n) is 2.24. The van der Waals surface area contributed by atoms with Gasteiger partial charge in [-0.25, -0.2) is 0 Å². The average Bonchev–Trinajstić information content (AvgIpc) is 3.00. The molecule has 0 atom stereocenters. The maximum atomic E-state index is 5.19. The first-order chi connectivity index (χ1) is 8.33. The van der Waals surface area contributed by atoms with Crippen LogP contribution in [-0.4, -0.2) is 10.1 Å². The Morgan fingerprint density at radius 1 is 1.12 bits per heavy atom. The van der Waals surface area contributed by atoms with Crippen molar-refractivity contribution >= 4 is 15.9 Å². The fourth-order valence-corrected chi connectivity index (χ4v) is 1.87. The van der Waals surface area contributed by atoms with Crippen molar-refractivity contribution in [2.75, 3.05) is 0 Å². The Hall–Kier alpha value is -1.88. The molecule has 0 aliphatic rings. The number of halogens is 1. The number of nitrogens with zero attached hydrogens (tertiary/aromatic N) is 2. The molecule has 0 unspecified atom stereocenters. The molecule has 0 aliphatic carbocycles. The third kappa shape index (κ3) is 2.01. The van der Waals surface area contributed by atoms with E-state index < -0.39 is 0 Å². The van der Waals surface area contributed by atoms with E-state index in [2.05, 4.69) is 26.1 Å². The number of aromatic nitrogens is 2. The predicted octanol–water partition coefficient (Wildman–Crippen LogP) is 3.76. The summed E-state index contributed by atoms with van der Waals surface area (Å²) in [4.78, 5) is 4.27. The summed E-state index contributed by atoms with van der Waals surface area (Å²) in [5, 5.41) is 3.92. The van der Waals surface area contributed by atoms with Crippen molar-refractivity contribution in [3.63, 3.8) is 0 Å². The van der Waals surface area contributed by atoms with E-state index in [0.29, 0.717) is 17.5 Å². The predicted molar refractivity (Wildman–Crippen MR) is 65.1 cm³/mol. The zero-order chi connectivity index (χ0) is 11.7. The lowest BCUT2D eigenvalue weighted by Gasteiger charge is -1.93. The van der Waals surface area contributed by atoms with E-state index >= 15 is 0 Å². The molecule has 2 aromatic heterocycles. The van der Waals surface area contributed by atoms with Crippen molar-refractivity contribution in [3.8, 4) is 23.0 Å².